The van der Waals surface area contributed by atoms with Gasteiger partial charge in [0, 0.05) is 5.69 Å². The molecule has 8 heteroatoms. The average molecular weight is 346 g/mol. The molecular weight excluding hydrogens is 333 g/mol. The lowest BCUT2D eigenvalue weighted by molar-refractivity contribution is -0.137. The summed E-state index contributed by atoms with van der Waals surface area (Å²) in [4.78, 5) is 12.3. The quantitative estimate of drug-likeness (QED) is 0.784. The minimum absolute atomic E-state index is 0.101. The third-order valence-corrected chi connectivity index (χ3v) is 3.58. The number of halogens is 3. The van der Waals surface area contributed by atoms with E-state index in [9.17, 15) is 18.0 Å². The molecular formula is C17H13F3N4O. The number of nitrogens with one attached hydrogen (secondary N) is 1. The zero-order valence-corrected chi connectivity index (χ0v) is 13.1. The molecule has 1 amide bonds. The van der Waals surface area contributed by atoms with Gasteiger partial charge in [-0.2, -0.15) is 13.2 Å². The van der Waals surface area contributed by atoms with E-state index in [2.05, 4.69) is 15.6 Å². The number of amides is 1. The van der Waals surface area contributed by atoms with Gasteiger partial charge in [0.05, 0.1) is 16.9 Å². The molecule has 3 rings (SSSR count). The normalized spacial score (nSPS) is 11.4. The van der Waals surface area contributed by atoms with Crippen molar-refractivity contribution in [2.75, 3.05) is 5.32 Å². The van der Waals surface area contributed by atoms with Crippen LogP contribution in [0.25, 0.3) is 5.69 Å². The fourth-order valence-electron chi connectivity index (χ4n) is 2.29. The van der Waals surface area contributed by atoms with Gasteiger partial charge in [0.25, 0.3) is 5.91 Å². The maximum absolute atomic E-state index is 12.6. The minimum Gasteiger partial charge on any atom is -0.321 e. The first-order valence-electron chi connectivity index (χ1n) is 7.32. The lowest BCUT2D eigenvalue weighted by Gasteiger charge is -2.08. The third kappa shape index (κ3) is 3.52. The summed E-state index contributed by atoms with van der Waals surface area (Å²) in [6, 6.07) is 13.4. The summed E-state index contributed by atoms with van der Waals surface area (Å²) in [5.41, 5.74) is 0.837. The van der Waals surface area contributed by atoms with Crippen LogP contribution in [0.1, 0.15) is 21.7 Å². The Labute approximate surface area is 141 Å². The van der Waals surface area contributed by atoms with Gasteiger partial charge in [-0.1, -0.05) is 23.4 Å². The number of anilines is 1. The molecule has 0 saturated carbocycles. The molecule has 128 valence electrons. The number of rotatable bonds is 3. The van der Waals surface area contributed by atoms with Crippen molar-refractivity contribution < 1.29 is 18.0 Å². The second-order valence-corrected chi connectivity index (χ2v) is 5.30. The Kier molecular flexibility index (Phi) is 4.26. The Morgan fingerprint density at radius 1 is 1.04 bits per heavy atom. The monoisotopic (exact) mass is 346 g/mol. The molecule has 0 unspecified atom stereocenters. The first kappa shape index (κ1) is 16.7. The van der Waals surface area contributed by atoms with Gasteiger partial charge in [-0.25, -0.2) is 4.68 Å². The van der Waals surface area contributed by atoms with Gasteiger partial charge in [-0.15, -0.1) is 5.10 Å². The fourth-order valence-corrected chi connectivity index (χ4v) is 2.29. The molecule has 0 aliphatic heterocycles. The molecule has 0 fully saturated rings. The van der Waals surface area contributed by atoms with E-state index in [1.165, 1.54) is 16.8 Å². The molecule has 1 heterocycles. The number of benzene rings is 2. The van der Waals surface area contributed by atoms with Crippen molar-refractivity contribution in [3.05, 3.63) is 71.5 Å². The van der Waals surface area contributed by atoms with Crippen LogP contribution in [0.5, 0.6) is 0 Å². The number of hydrogen-bond donors (Lipinski definition) is 1. The number of hydrogen-bond acceptors (Lipinski definition) is 3. The summed E-state index contributed by atoms with van der Waals surface area (Å²) >= 11 is 0. The molecule has 0 spiro atoms. The van der Waals surface area contributed by atoms with E-state index in [0.29, 0.717) is 5.69 Å². The van der Waals surface area contributed by atoms with E-state index in [0.717, 1.165) is 17.8 Å². The number of nitrogens with zero attached hydrogens (tertiary/aromatic N) is 3. The zero-order valence-electron chi connectivity index (χ0n) is 13.1. The standard InChI is InChI=1S/C17H13F3N4O/c1-11-15(22-23-24(11)14-5-3-2-4-6-14)16(25)21-13-9-7-12(8-10-13)17(18,19)20/h2-10H,1H3,(H,21,25). The van der Waals surface area contributed by atoms with Crippen LogP contribution in [0.3, 0.4) is 0 Å². The highest BCUT2D eigenvalue weighted by Crippen LogP contribution is 2.29. The lowest BCUT2D eigenvalue weighted by atomic mass is 10.2. The number of carbonyl (C=O) groups is 1. The number of aromatic nitrogens is 3. The summed E-state index contributed by atoms with van der Waals surface area (Å²) in [6.07, 6.45) is -4.42. The van der Waals surface area contributed by atoms with Crippen molar-refractivity contribution in [3.63, 3.8) is 0 Å². The Morgan fingerprint density at radius 3 is 2.28 bits per heavy atom. The number of para-hydroxylation sites is 1. The Morgan fingerprint density at radius 2 is 1.68 bits per heavy atom. The average Bonchev–Trinajstić information content (AvgIpc) is 2.97. The highest BCUT2D eigenvalue weighted by molar-refractivity contribution is 6.03. The van der Waals surface area contributed by atoms with Crippen LogP contribution in [0.2, 0.25) is 0 Å². The highest BCUT2D eigenvalue weighted by atomic mass is 19.4. The summed E-state index contributed by atoms with van der Waals surface area (Å²) < 4.78 is 39.2. The van der Waals surface area contributed by atoms with E-state index < -0.39 is 17.6 Å². The minimum atomic E-state index is -4.42. The highest BCUT2D eigenvalue weighted by Gasteiger charge is 2.30. The number of alkyl halides is 3. The maximum atomic E-state index is 12.6. The number of carbonyl (C=O) groups excluding carboxylic acids is 1. The van der Waals surface area contributed by atoms with Gasteiger partial charge >= 0.3 is 6.18 Å². The van der Waals surface area contributed by atoms with Gasteiger partial charge in [0.15, 0.2) is 5.69 Å². The van der Waals surface area contributed by atoms with Crippen LogP contribution in [-0.2, 0) is 6.18 Å². The first-order chi connectivity index (χ1) is 11.9. The summed E-state index contributed by atoms with van der Waals surface area (Å²) in [5, 5.41) is 10.3. The molecule has 0 radical (unpaired) electrons. The molecule has 2 aromatic carbocycles. The van der Waals surface area contributed by atoms with Crippen molar-refractivity contribution >= 4 is 11.6 Å². The van der Waals surface area contributed by atoms with Gasteiger partial charge in [-0.3, -0.25) is 4.79 Å². The van der Waals surface area contributed by atoms with Crippen molar-refractivity contribution in [1.29, 1.82) is 0 Å². The molecule has 0 aliphatic carbocycles. The van der Waals surface area contributed by atoms with Crippen LogP contribution < -0.4 is 5.32 Å². The molecule has 3 aromatic rings. The predicted molar refractivity (Wildman–Crippen MR) is 85.5 cm³/mol. The Bertz CT molecular complexity index is 887. The van der Waals surface area contributed by atoms with Crippen LogP contribution in [0.4, 0.5) is 18.9 Å². The SMILES string of the molecule is Cc1c(C(=O)Nc2ccc(C(F)(F)F)cc2)nnn1-c1ccccc1. The summed E-state index contributed by atoms with van der Waals surface area (Å²) in [5.74, 6) is -0.542. The topological polar surface area (TPSA) is 59.8 Å². The van der Waals surface area contributed by atoms with Gasteiger partial charge in [0.1, 0.15) is 0 Å². The van der Waals surface area contributed by atoms with Gasteiger partial charge < -0.3 is 5.32 Å². The largest absolute Gasteiger partial charge is 0.416 e. The van der Waals surface area contributed by atoms with E-state index in [-0.39, 0.29) is 11.4 Å². The van der Waals surface area contributed by atoms with Gasteiger partial charge in [-0.05, 0) is 43.3 Å². The predicted octanol–water partition coefficient (Wildman–Crippen LogP) is 3.85. The smallest absolute Gasteiger partial charge is 0.321 e. The second-order valence-electron chi connectivity index (χ2n) is 5.30. The van der Waals surface area contributed by atoms with Crippen LogP contribution in [-0.4, -0.2) is 20.9 Å². The maximum Gasteiger partial charge on any atom is 0.416 e. The lowest BCUT2D eigenvalue weighted by Crippen LogP contribution is -2.14. The van der Waals surface area contributed by atoms with Crippen LogP contribution in [0.15, 0.2) is 54.6 Å². The Balaban J connectivity index is 1.79. The van der Waals surface area contributed by atoms with E-state index >= 15 is 0 Å². The van der Waals surface area contributed by atoms with E-state index in [1.807, 2.05) is 30.3 Å². The molecule has 0 saturated heterocycles. The Hall–Kier alpha value is -3.16. The van der Waals surface area contributed by atoms with Crippen molar-refractivity contribution in [1.82, 2.24) is 15.0 Å². The molecule has 0 atom stereocenters. The van der Waals surface area contributed by atoms with Crippen molar-refractivity contribution in [2.45, 2.75) is 13.1 Å². The zero-order chi connectivity index (χ0) is 18.0. The molecule has 0 bridgehead atoms. The van der Waals surface area contributed by atoms with Crippen molar-refractivity contribution in [3.8, 4) is 5.69 Å². The second kappa shape index (κ2) is 6.39. The van der Waals surface area contributed by atoms with E-state index in [4.69, 9.17) is 0 Å². The molecule has 5 nitrogen and oxygen atoms in total. The molecule has 0 aliphatic rings. The van der Waals surface area contributed by atoms with E-state index in [1.54, 1.807) is 6.92 Å². The van der Waals surface area contributed by atoms with Crippen molar-refractivity contribution in [2.24, 2.45) is 0 Å². The summed E-state index contributed by atoms with van der Waals surface area (Å²) in [7, 11) is 0. The molecule has 1 aromatic heterocycles. The first-order valence-corrected chi connectivity index (χ1v) is 7.32. The fraction of sp³-hybridized carbons (Fsp3) is 0.118. The van der Waals surface area contributed by atoms with Crippen LogP contribution in [0, 0.1) is 6.92 Å². The van der Waals surface area contributed by atoms with Crippen LogP contribution >= 0.6 is 0 Å². The molecule has 1 N–H and O–H groups in total. The third-order valence-electron chi connectivity index (χ3n) is 3.58. The molecule has 25 heavy (non-hydrogen) atoms. The summed E-state index contributed by atoms with van der Waals surface area (Å²) in [6.45, 7) is 1.69. The van der Waals surface area contributed by atoms with Gasteiger partial charge in [0.2, 0.25) is 0 Å².